The molecule has 2 aromatic carbocycles. The van der Waals surface area contributed by atoms with Gasteiger partial charge in [0.05, 0.1) is 31.9 Å². The fourth-order valence-corrected chi connectivity index (χ4v) is 5.55. The molecule has 0 saturated heterocycles. The van der Waals surface area contributed by atoms with Crippen molar-refractivity contribution in [2.75, 3.05) is 20.3 Å². The van der Waals surface area contributed by atoms with E-state index in [1.807, 2.05) is 4.57 Å². The first-order chi connectivity index (χ1) is 19.1. The summed E-state index contributed by atoms with van der Waals surface area (Å²) in [5.74, 6) is -1.32. The molecular weight excluding hydrogens is 544 g/mol. The second-order valence-electron chi connectivity index (χ2n) is 12.3. The zero-order chi connectivity index (χ0) is 30.7. The minimum absolute atomic E-state index is 0.0123. The number of methoxy groups -OCH3 is 1. The van der Waals surface area contributed by atoms with Gasteiger partial charge >= 0.3 is 5.97 Å². The van der Waals surface area contributed by atoms with Crippen LogP contribution in [0.2, 0.25) is 18.1 Å². The average Bonchev–Trinajstić information content (AvgIpc) is 2.88. The van der Waals surface area contributed by atoms with Gasteiger partial charge in [-0.3, -0.25) is 4.79 Å². The van der Waals surface area contributed by atoms with Gasteiger partial charge in [-0.25, -0.2) is 13.6 Å². The number of rotatable bonds is 11. The number of carbonyl (C=O) groups excluding carboxylic acids is 1. The molecule has 0 spiro atoms. The quantitative estimate of drug-likeness (QED) is 0.172. The van der Waals surface area contributed by atoms with Crippen molar-refractivity contribution in [2.45, 2.75) is 78.6 Å². The molecule has 3 aromatic rings. The van der Waals surface area contributed by atoms with Gasteiger partial charge in [-0.2, -0.15) is 0 Å². The van der Waals surface area contributed by atoms with Crippen LogP contribution in [0.15, 0.2) is 41.3 Å². The van der Waals surface area contributed by atoms with Crippen molar-refractivity contribution in [1.29, 1.82) is 0 Å². The molecule has 0 saturated carbocycles. The van der Waals surface area contributed by atoms with Crippen LogP contribution < -0.4 is 10.2 Å². The molecule has 41 heavy (non-hydrogen) atoms. The van der Waals surface area contributed by atoms with E-state index in [1.165, 1.54) is 12.1 Å². The zero-order valence-corrected chi connectivity index (χ0v) is 26.7. The standard InChI is InChI=1S/C32H43F2NO5Si/c1-10-39-31(37)25-18-35(28(20(2)3)19-40-41(8,9)32(4,5)6)27-17-29(38-7)22(15-24(27)30(25)36)12-11-21-13-14-23(33)16-26(21)34/h13-18,20,28H,10-12,19H2,1-9H3/t28-/m1/s1. The molecule has 0 fully saturated rings. The van der Waals surface area contributed by atoms with E-state index < -0.39 is 31.3 Å². The Kier molecular flexibility index (Phi) is 10.2. The van der Waals surface area contributed by atoms with Gasteiger partial charge in [-0.15, -0.1) is 0 Å². The number of hydrogen-bond donors (Lipinski definition) is 0. The first-order valence-electron chi connectivity index (χ1n) is 14.1. The van der Waals surface area contributed by atoms with Crippen molar-refractivity contribution in [3.8, 4) is 5.75 Å². The predicted molar refractivity (Wildman–Crippen MR) is 162 cm³/mol. The highest BCUT2D eigenvalue weighted by Gasteiger charge is 2.38. The van der Waals surface area contributed by atoms with E-state index in [1.54, 1.807) is 32.4 Å². The Balaban J connectivity index is 2.19. The van der Waals surface area contributed by atoms with Gasteiger partial charge < -0.3 is 18.5 Å². The van der Waals surface area contributed by atoms with Crippen molar-refractivity contribution in [1.82, 2.24) is 4.57 Å². The van der Waals surface area contributed by atoms with E-state index in [9.17, 15) is 18.4 Å². The van der Waals surface area contributed by atoms with Crippen molar-refractivity contribution < 1.29 is 27.5 Å². The van der Waals surface area contributed by atoms with Gasteiger partial charge in [0.15, 0.2) is 8.32 Å². The van der Waals surface area contributed by atoms with Crippen molar-refractivity contribution >= 4 is 25.2 Å². The normalized spacial score (nSPS) is 13.1. The number of carbonyl (C=O) groups is 1. The number of nitrogens with zero attached hydrogens (tertiary/aromatic N) is 1. The van der Waals surface area contributed by atoms with Crippen LogP contribution in [0.5, 0.6) is 5.75 Å². The van der Waals surface area contributed by atoms with E-state index in [0.29, 0.717) is 40.8 Å². The summed E-state index contributed by atoms with van der Waals surface area (Å²) in [5.41, 5.74) is 1.13. The summed E-state index contributed by atoms with van der Waals surface area (Å²) < 4.78 is 47.2. The Bertz CT molecular complexity index is 1460. The molecule has 224 valence electrons. The third-order valence-corrected chi connectivity index (χ3v) is 12.7. The Labute approximate surface area is 242 Å². The number of aryl methyl sites for hydroxylation is 2. The van der Waals surface area contributed by atoms with Gasteiger partial charge in [-0.1, -0.05) is 40.7 Å². The summed E-state index contributed by atoms with van der Waals surface area (Å²) in [7, 11) is -0.556. The summed E-state index contributed by atoms with van der Waals surface area (Å²) in [6.45, 7) is 17.3. The number of ether oxygens (including phenoxy) is 2. The van der Waals surface area contributed by atoms with Crippen LogP contribution in [-0.2, 0) is 22.0 Å². The molecule has 0 unspecified atom stereocenters. The molecule has 6 nitrogen and oxygen atoms in total. The fourth-order valence-electron chi connectivity index (χ4n) is 4.53. The summed E-state index contributed by atoms with van der Waals surface area (Å²) in [6.07, 6.45) is 2.19. The molecule has 0 amide bonds. The summed E-state index contributed by atoms with van der Waals surface area (Å²) >= 11 is 0. The van der Waals surface area contributed by atoms with E-state index in [0.717, 1.165) is 6.07 Å². The van der Waals surface area contributed by atoms with Crippen molar-refractivity contribution in [3.63, 3.8) is 0 Å². The molecule has 0 N–H and O–H groups in total. The number of hydrogen-bond acceptors (Lipinski definition) is 5. The number of halogens is 2. The molecule has 1 heterocycles. The summed E-state index contributed by atoms with van der Waals surface area (Å²) in [5, 5.41) is 0.349. The smallest absolute Gasteiger partial charge is 0.343 e. The van der Waals surface area contributed by atoms with E-state index in [-0.39, 0.29) is 35.6 Å². The number of pyridine rings is 1. The lowest BCUT2D eigenvalue weighted by Gasteiger charge is -2.38. The fraction of sp³-hybridized carbons (Fsp3) is 0.500. The molecule has 0 bridgehead atoms. The lowest BCUT2D eigenvalue weighted by atomic mass is 9.98. The Morgan fingerprint density at radius 2 is 1.71 bits per heavy atom. The van der Waals surface area contributed by atoms with Crippen molar-refractivity contribution in [2.24, 2.45) is 5.92 Å². The number of aromatic nitrogens is 1. The maximum atomic E-state index is 14.3. The van der Waals surface area contributed by atoms with Crippen LogP contribution in [0.3, 0.4) is 0 Å². The minimum Gasteiger partial charge on any atom is -0.496 e. The van der Waals surface area contributed by atoms with Crippen LogP contribution in [0.25, 0.3) is 10.9 Å². The minimum atomic E-state index is -2.10. The number of fused-ring (bicyclic) bond motifs is 1. The largest absolute Gasteiger partial charge is 0.496 e. The predicted octanol–water partition coefficient (Wildman–Crippen LogP) is 7.47. The Morgan fingerprint density at radius 3 is 2.27 bits per heavy atom. The monoisotopic (exact) mass is 587 g/mol. The van der Waals surface area contributed by atoms with Gasteiger partial charge in [0.2, 0.25) is 5.43 Å². The first kappa shape index (κ1) is 32.5. The molecule has 0 aliphatic carbocycles. The lowest BCUT2D eigenvalue weighted by Crippen LogP contribution is -2.42. The third-order valence-electron chi connectivity index (χ3n) is 8.16. The van der Waals surface area contributed by atoms with E-state index in [4.69, 9.17) is 13.9 Å². The first-order valence-corrected chi connectivity index (χ1v) is 17.0. The average molecular weight is 588 g/mol. The van der Waals surface area contributed by atoms with Crippen LogP contribution in [0.1, 0.15) is 69.1 Å². The molecule has 1 aromatic heterocycles. The number of esters is 1. The van der Waals surface area contributed by atoms with Gasteiger partial charge in [0, 0.05) is 23.7 Å². The molecule has 0 aliphatic heterocycles. The second kappa shape index (κ2) is 12.9. The van der Waals surface area contributed by atoms with Crippen LogP contribution >= 0.6 is 0 Å². The SMILES string of the molecule is CCOC(=O)c1cn([C@H](CO[Si](C)(C)C(C)(C)C)C(C)C)c2cc(OC)c(CCc3ccc(F)cc3F)cc2c1=O. The topological polar surface area (TPSA) is 66.8 Å². The van der Waals surface area contributed by atoms with Crippen LogP contribution in [-0.4, -0.2) is 39.2 Å². The molecule has 9 heteroatoms. The highest BCUT2D eigenvalue weighted by molar-refractivity contribution is 6.74. The molecule has 1 atom stereocenters. The maximum absolute atomic E-state index is 14.3. The molecule has 0 aliphatic rings. The Morgan fingerprint density at radius 1 is 1.05 bits per heavy atom. The highest BCUT2D eigenvalue weighted by Crippen LogP contribution is 2.38. The lowest BCUT2D eigenvalue weighted by molar-refractivity contribution is 0.0523. The second-order valence-corrected chi connectivity index (χ2v) is 17.1. The summed E-state index contributed by atoms with van der Waals surface area (Å²) in [4.78, 5) is 26.6. The zero-order valence-electron chi connectivity index (χ0n) is 25.7. The van der Waals surface area contributed by atoms with Crippen LogP contribution in [0, 0.1) is 17.6 Å². The number of benzene rings is 2. The molecular formula is C32H43F2NO5Si. The Hall–Kier alpha value is -3.04. The van der Waals surface area contributed by atoms with Gasteiger partial charge in [0.1, 0.15) is 22.9 Å². The molecule has 0 radical (unpaired) electrons. The van der Waals surface area contributed by atoms with Gasteiger partial charge in [0.25, 0.3) is 0 Å². The van der Waals surface area contributed by atoms with Crippen LogP contribution in [0.4, 0.5) is 8.78 Å². The van der Waals surface area contributed by atoms with Gasteiger partial charge in [-0.05, 0) is 67.1 Å². The van der Waals surface area contributed by atoms with Crippen molar-refractivity contribution in [3.05, 3.63) is 75.1 Å². The third kappa shape index (κ3) is 7.24. The highest BCUT2D eigenvalue weighted by atomic mass is 28.4. The maximum Gasteiger partial charge on any atom is 0.343 e. The molecule has 3 rings (SSSR count). The van der Waals surface area contributed by atoms with E-state index in [2.05, 4.69) is 47.7 Å². The summed E-state index contributed by atoms with van der Waals surface area (Å²) in [6, 6.07) is 6.81. The van der Waals surface area contributed by atoms with E-state index >= 15 is 0 Å².